The van der Waals surface area contributed by atoms with Gasteiger partial charge < -0.3 is 9.63 Å². The van der Waals surface area contributed by atoms with Crippen LogP contribution in [0.1, 0.15) is 5.76 Å². The number of hydrogen-bond donors (Lipinski definition) is 1. The molecule has 15 heavy (non-hydrogen) atoms. The minimum atomic E-state index is -0.195. The Bertz CT molecular complexity index is 494. The average molecular weight is 200 g/mol. The minimum Gasteiger partial charge on any atom is -0.384 e. The van der Waals surface area contributed by atoms with E-state index in [0.29, 0.717) is 11.5 Å². The lowest BCUT2D eigenvalue weighted by molar-refractivity contribution is 0.350. The summed E-state index contributed by atoms with van der Waals surface area (Å²) in [4.78, 5) is 4.12. The van der Waals surface area contributed by atoms with Gasteiger partial charge in [0.1, 0.15) is 12.3 Å². The molecule has 2 aromatic heterocycles. The molecule has 0 aliphatic rings. The molecule has 0 atom stereocenters. The number of hydrogen-bond acceptors (Lipinski definition) is 4. The van der Waals surface area contributed by atoms with Crippen LogP contribution >= 0.6 is 0 Å². The smallest absolute Gasteiger partial charge is 0.210 e. The highest BCUT2D eigenvalue weighted by atomic mass is 16.5. The van der Waals surface area contributed by atoms with E-state index in [1.807, 2.05) is 18.2 Å². The first kappa shape index (κ1) is 9.44. The highest BCUT2D eigenvalue weighted by Crippen LogP contribution is 2.15. The predicted octanol–water partition coefficient (Wildman–Crippen LogP) is 1.08. The molecule has 0 saturated heterocycles. The van der Waals surface area contributed by atoms with Crippen molar-refractivity contribution < 1.29 is 9.63 Å². The monoisotopic (exact) mass is 200 g/mol. The number of aromatic nitrogens is 2. The maximum Gasteiger partial charge on any atom is 0.210 e. The second-order valence-corrected chi connectivity index (χ2v) is 2.75. The molecule has 0 radical (unpaired) electrons. The first-order chi connectivity index (χ1) is 7.40. The standard InChI is InChI=1S/C11H8N2O2/c14-7-3-4-9-8-11(13-15-9)10-5-1-2-6-12-10/h1-2,5-6,8,14H,7H2. The third-order valence-corrected chi connectivity index (χ3v) is 1.73. The third kappa shape index (κ3) is 2.22. The van der Waals surface area contributed by atoms with Crippen LogP contribution in [0.4, 0.5) is 0 Å². The Balaban J connectivity index is 2.28. The zero-order chi connectivity index (χ0) is 10.5. The molecule has 0 unspecified atom stereocenters. The fourth-order valence-corrected chi connectivity index (χ4v) is 1.10. The Hall–Kier alpha value is -2.12. The van der Waals surface area contributed by atoms with Crippen LogP contribution in [0.3, 0.4) is 0 Å². The summed E-state index contributed by atoms with van der Waals surface area (Å²) in [6.45, 7) is -0.195. The van der Waals surface area contributed by atoms with Gasteiger partial charge >= 0.3 is 0 Å². The Morgan fingerprint density at radius 3 is 3.00 bits per heavy atom. The lowest BCUT2D eigenvalue weighted by atomic mass is 10.2. The van der Waals surface area contributed by atoms with E-state index in [1.54, 1.807) is 12.3 Å². The number of nitrogens with zero attached hydrogens (tertiary/aromatic N) is 2. The highest BCUT2D eigenvalue weighted by molar-refractivity contribution is 5.54. The molecule has 0 amide bonds. The lowest BCUT2D eigenvalue weighted by Gasteiger charge is -1.89. The zero-order valence-corrected chi connectivity index (χ0v) is 7.84. The molecular formula is C11H8N2O2. The summed E-state index contributed by atoms with van der Waals surface area (Å²) in [5.74, 6) is 5.53. The van der Waals surface area contributed by atoms with E-state index in [2.05, 4.69) is 22.0 Å². The van der Waals surface area contributed by atoms with Gasteiger partial charge in [0.05, 0.1) is 5.69 Å². The van der Waals surface area contributed by atoms with Gasteiger partial charge in [0.2, 0.25) is 5.76 Å². The maximum absolute atomic E-state index is 8.50. The van der Waals surface area contributed by atoms with Crippen LogP contribution in [0.15, 0.2) is 35.0 Å². The largest absolute Gasteiger partial charge is 0.384 e. The number of pyridine rings is 1. The summed E-state index contributed by atoms with van der Waals surface area (Å²) in [5.41, 5.74) is 1.37. The molecule has 2 heterocycles. The molecule has 0 fully saturated rings. The van der Waals surface area contributed by atoms with Gasteiger partial charge in [-0.2, -0.15) is 0 Å². The van der Waals surface area contributed by atoms with E-state index in [-0.39, 0.29) is 6.61 Å². The average Bonchev–Trinajstić information content (AvgIpc) is 2.76. The van der Waals surface area contributed by atoms with Gasteiger partial charge in [0.15, 0.2) is 0 Å². The summed E-state index contributed by atoms with van der Waals surface area (Å²) in [5, 5.41) is 12.3. The van der Waals surface area contributed by atoms with E-state index in [0.717, 1.165) is 5.69 Å². The SMILES string of the molecule is OCC#Cc1cc(-c2ccccn2)no1. The number of aliphatic hydroxyl groups is 1. The molecule has 74 valence electrons. The van der Waals surface area contributed by atoms with Crippen molar-refractivity contribution in [1.29, 1.82) is 0 Å². The Labute approximate surface area is 86.6 Å². The van der Waals surface area contributed by atoms with Gasteiger partial charge in [-0.05, 0) is 18.1 Å². The molecule has 0 spiro atoms. The van der Waals surface area contributed by atoms with Crippen LogP contribution < -0.4 is 0 Å². The van der Waals surface area contributed by atoms with Crippen LogP contribution in [0.5, 0.6) is 0 Å². The molecule has 0 aromatic carbocycles. The minimum absolute atomic E-state index is 0.195. The van der Waals surface area contributed by atoms with Gasteiger partial charge in [-0.15, -0.1) is 0 Å². The molecule has 0 aliphatic carbocycles. The molecule has 2 aromatic rings. The molecule has 2 rings (SSSR count). The fraction of sp³-hybridized carbons (Fsp3) is 0.0909. The van der Waals surface area contributed by atoms with Crippen LogP contribution in [0.25, 0.3) is 11.4 Å². The van der Waals surface area contributed by atoms with Gasteiger partial charge in [0, 0.05) is 12.3 Å². The first-order valence-electron chi connectivity index (χ1n) is 4.38. The molecule has 4 nitrogen and oxygen atoms in total. The van der Waals surface area contributed by atoms with Crippen molar-refractivity contribution in [3.63, 3.8) is 0 Å². The van der Waals surface area contributed by atoms with Crippen molar-refractivity contribution in [2.24, 2.45) is 0 Å². The number of rotatable bonds is 1. The third-order valence-electron chi connectivity index (χ3n) is 1.73. The maximum atomic E-state index is 8.50. The summed E-state index contributed by atoms with van der Waals surface area (Å²) in [6, 6.07) is 7.22. The van der Waals surface area contributed by atoms with Crippen molar-refractivity contribution in [2.75, 3.05) is 6.61 Å². The van der Waals surface area contributed by atoms with E-state index < -0.39 is 0 Å². The van der Waals surface area contributed by atoms with Crippen molar-refractivity contribution >= 4 is 0 Å². The van der Waals surface area contributed by atoms with Crippen LogP contribution in [-0.2, 0) is 0 Å². The van der Waals surface area contributed by atoms with Gasteiger partial charge in [-0.3, -0.25) is 4.98 Å². The molecule has 0 bridgehead atoms. The number of aliphatic hydroxyl groups excluding tert-OH is 1. The van der Waals surface area contributed by atoms with Crippen LogP contribution in [0.2, 0.25) is 0 Å². The van der Waals surface area contributed by atoms with Gasteiger partial charge in [0.25, 0.3) is 0 Å². The zero-order valence-electron chi connectivity index (χ0n) is 7.84. The Kier molecular flexibility index (Phi) is 2.77. The second-order valence-electron chi connectivity index (χ2n) is 2.75. The fourth-order valence-electron chi connectivity index (χ4n) is 1.10. The summed E-state index contributed by atoms with van der Waals surface area (Å²) in [7, 11) is 0. The van der Waals surface area contributed by atoms with E-state index >= 15 is 0 Å². The normalized spacial score (nSPS) is 9.40. The summed E-state index contributed by atoms with van der Waals surface area (Å²) < 4.78 is 4.95. The van der Waals surface area contributed by atoms with Crippen molar-refractivity contribution in [3.05, 3.63) is 36.2 Å². The molecule has 0 aliphatic heterocycles. The topological polar surface area (TPSA) is 59.2 Å². The molecule has 0 saturated carbocycles. The Morgan fingerprint density at radius 1 is 1.33 bits per heavy atom. The highest BCUT2D eigenvalue weighted by Gasteiger charge is 2.04. The first-order valence-corrected chi connectivity index (χ1v) is 4.38. The van der Waals surface area contributed by atoms with E-state index in [4.69, 9.17) is 9.63 Å². The predicted molar refractivity (Wildman–Crippen MR) is 53.7 cm³/mol. The van der Waals surface area contributed by atoms with Gasteiger partial charge in [-0.1, -0.05) is 17.1 Å². The van der Waals surface area contributed by atoms with E-state index in [9.17, 15) is 0 Å². The second kappa shape index (κ2) is 4.40. The molecule has 1 N–H and O–H groups in total. The Morgan fingerprint density at radius 2 is 2.27 bits per heavy atom. The quantitative estimate of drug-likeness (QED) is 0.700. The van der Waals surface area contributed by atoms with Crippen molar-refractivity contribution in [2.45, 2.75) is 0 Å². The van der Waals surface area contributed by atoms with Crippen LogP contribution in [-0.4, -0.2) is 21.9 Å². The summed E-state index contributed by atoms with van der Waals surface area (Å²) in [6.07, 6.45) is 1.68. The van der Waals surface area contributed by atoms with Crippen molar-refractivity contribution in [3.8, 4) is 23.2 Å². The summed E-state index contributed by atoms with van der Waals surface area (Å²) >= 11 is 0. The lowest BCUT2D eigenvalue weighted by Crippen LogP contribution is -1.79. The van der Waals surface area contributed by atoms with Crippen LogP contribution in [0, 0.1) is 11.8 Å². The van der Waals surface area contributed by atoms with Gasteiger partial charge in [-0.25, -0.2) is 0 Å². The van der Waals surface area contributed by atoms with Crippen molar-refractivity contribution in [1.82, 2.24) is 10.1 Å². The van der Waals surface area contributed by atoms with E-state index in [1.165, 1.54) is 0 Å². The molecule has 4 heteroatoms. The molecular weight excluding hydrogens is 192 g/mol.